The van der Waals surface area contributed by atoms with Crippen LogP contribution < -0.4 is 10.6 Å². The molecule has 30 heavy (non-hydrogen) atoms. The van der Waals surface area contributed by atoms with Crippen LogP contribution in [0.4, 0.5) is 13.2 Å². The molecule has 172 valence electrons. The molecule has 1 aromatic rings. The third kappa shape index (κ3) is 9.75. The lowest BCUT2D eigenvalue weighted by Crippen LogP contribution is -2.45. The molecule has 1 aromatic heterocycles. The van der Waals surface area contributed by atoms with Crippen molar-refractivity contribution in [2.24, 2.45) is 4.99 Å². The van der Waals surface area contributed by atoms with E-state index in [1.165, 1.54) is 4.90 Å². The number of hydrogen-bond acceptors (Lipinski definition) is 6. The second kappa shape index (κ2) is 13.3. The quantitative estimate of drug-likeness (QED) is 0.282. The van der Waals surface area contributed by atoms with E-state index in [-0.39, 0.29) is 36.4 Å². The smallest absolute Gasteiger partial charge is 0.379 e. The Labute approximate surface area is 195 Å². The minimum absolute atomic E-state index is 0. The Morgan fingerprint density at radius 2 is 1.97 bits per heavy atom. The van der Waals surface area contributed by atoms with Crippen molar-refractivity contribution < 1.29 is 22.7 Å². The van der Waals surface area contributed by atoms with Crippen molar-refractivity contribution in [1.82, 2.24) is 25.4 Å². The fourth-order valence-electron chi connectivity index (χ4n) is 2.46. The van der Waals surface area contributed by atoms with Crippen LogP contribution >= 0.6 is 35.3 Å². The molecule has 8 nitrogen and oxygen atoms in total. The normalized spacial score (nSPS) is 15.4. The van der Waals surface area contributed by atoms with E-state index in [1.54, 1.807) is 14.1 Å². The van der Waals surface area contributed by atoms with Gasteiger partial charge >= 0.3 is 6.18 Å². The minimum atomic E-state index is -4.43. The van der Waals surface area contributed by atoms with E-state index in [2.05, 4.69) is 25.5 Å². The van der Waals surface area contributed by atoms with Crippen LogP contribution in [0.15, 0.2) is 10.4 Å². The van der Waals surface area contributed by atoms with Crippen LogP contribution in [0.5, 0.6) is 0 Å². The predicted molar refractivity (Wildman–Crippen MR) is 120 cm³/mol. The number of nitrogens with one attached hydrogen (secondary N) is 2. The van der Waals surface area contributed by atoms with Crippen LogP contribution in [-0.2, 0) is 22.1 Å². The molecule has 0 saturated carbocycles. The van der Waals surface area contributed by atoms with Crippen LogP contribution in [0, 0.1) is 0 Å². The lowest BCUT2D eigenvalue weighted by molar-refractivity contribution is -0.140. The molecule has 0 unspecified atom stereocenters. The number of alkyl halides is 3. The first-order chi connectivity index (χ1) is 13.8. The molecule has 1 amide bonds. The Morgan fingerprint density at radius 1 is 1.30 bits per heavy atom. The predicted octanol–water partition coefficient (Wildman–Crippen LogP) is 1.28. The summed E-state index contributed by atoms with van der Waals surface area (Å²) in [6.07, 6.45) is -4.10. The number of aromatic nitrogens is 1. The fourth-order valence-corrected chi connectivity index (χ4v) is 3.27. The van der Waals surface area contributed by atoms with Gasteiger partial charge in [0.1, 0.15) is 6.54 Å². The maximum absolute atomic E-state index is 12.6. The number of thiazole rings is 1. The Kier molecular flexibility index (Phi) is 11.9. The molecular weight excluding hydrogens is 536 g/mol. The molecule has 0 radical (unpaired) electrons. The number of carbonyl (C=O) groups is 1. The summed E-state index contributed by atoms with van der Waals surface area (Å²) in [6, 6.07) is 0. The molecule has 1 aliphatic rings. The average Bonchev–Trinajstić information content (AvgIpc) is 3.15. The SMILES string of the molecule is CN(C)C(=O)CN=C(NCCc1nc(C(F)(F)F)cs1)NCCN1CCOCC1.I. The van der Waals surface area contributed by atoms with Crippen LogP contribution in [0.3, 0.4) is 0 Å². The van der Waals surface area contributed by atoms with Gasteiger partial charge in [0.15, 0.2) is 11.7 Å². The summed E-state index contributed by atoms with van der Waals surface area (Å²) < 4.78 is 43.2. The number of carbonyl (C=O) groups excluding carboxylic acids is 1. The number of halogens is 4. The van der Waals surface area contributed by atoms with Gasteiger partial charge in [0.2, 0.25) is 5.91 Å². The van der Waals surface area contributed by atoms with Gasteiger partial charge in [-0.25, -0.2) is 9.98 Å². The molecule has 2 rings (SSSR count). The molecule has 1 saturated heterocycles. The van der Waals surface area contributed by atoms with E-state index < -0.39 is 11.9 Å². The zero-order valence-corrected chi connectivity index (χ0v) is 20.1. The monoisotopic (exact) mass is 564 g/mol. The van der Waals surface area contributed by atoms with E-state index in [9.17, 15) is 18.0 Å². The molecule has 0 aromatic carbocycles. The summed E-state index contributed by atoms with van der Waals surface area (Å²) in [5.41, 5.74) is -0.869. The molecule has 0 aliphatic carbocycles. The van der Waals surface area contributed by atoms with Crippen molar-refractivity contribution in [1.29, 1.82) is 0 Å². The number of rotatable bonds is 8. The third-order valence-corrected chi connectivity index (χ3v) is 5.08. The summed E-state index contributed by atoms with van der Waals surface area (Å²) >= 11 is 0.976. The van der Waals surface area contributed by atoms with Gasteiger partial charge in [-0.05, 0) is 0 Å². The zero-order chi connectivity index (χ0) is 21.3. The average molecular weight is 564 g/mol. The van der Waals surface area contributed by atoms with Crippen molar-refractivity contribution in [3.05, 3.63) is 16.1 Å². The van der Waals surface area contributed by atoms with E-state index in [0.29, 0.717) is 43.7 Å². The Hall–Kier alpha value is -1.19. The van der Waals surface area contributed by atoms with Gasteiger partial charge in [0.05, 0.1) is 18.2 Å². The lowest BCUT2D eigenvalue weighted by atomic mass is 10.4. The number of morpholine rings is 1. The standard InChI is InChI=1S/C17H27F3N6O2S.HI/c1-25(2)15(27)11-23-16(22-5-6-26-7-9-28-10-8-26)21-4-3-14-24-13(12-29-14)17(18,19)20;/h12H,3-11H2,1-2H3,(H2,21,22,23);1H. The largest absolute Gasteiger partial charge is 0.434 e. The number of hydrogen-bond donors (Lipinski definition) is 2. The van der Waals surface area contributed by atoms with E-state index in [1.807, 2.05) is 0 Å². The highest BCUT2D eigenvalue weighted by Gasteiger charge is 2.33. The highest BCUT2D eigenvalue weighted by atomic mass is 127. The first-order valence-electron chi connectivity index (χ1n) is 9.29. The Bertz CT molecular complexity index is 681. The maximum atomic E-state index is 12.6. The third-order valence-electron chi connectivity index (χ3n) is 4.17. The van der Waals surface area contributed by atoms with Crippen molar-refractivity contribution in [3.63, 3.8) is 0 Å². The van der Waals surface area contributed by atoms with E-state index in [4.69, 9.17) is 4.74 Å². The van der Waals surface area contributed by atoms with E-state index >= 15 is 0 Å². The Balaban J connectivity index is 0.00000450. The minimum Gasteiger partial charge on any atom is -0.379 e. The molecule has 2 heterocycles. The fraction of sp³-hybridized carbons (Fsp3) is 0.706. The van der Waals surface area contributed by atoms with Crippen molar-refractivity contribution in [2.75, 3.05) is 66.6 Å². The lowest BCUT2D eigenvalue weighted by Gasteiger charge is -2.26. The van der Waals surface area contributed by atoms with Crippen molar-refractivity contribution in [2.45, 2.75) is 12.6 Å². The zero-order valence-electron chi connectivity index (χ0n) is 17.0. The Morgan fingerprint density at radius 3 is 2.57 bits per heavy atom. The van der Waals surface area contributed by atoms with Gasteiger partial charge in [-0.3, -0.25) is 9.69 Å². The number of aliphatic imine (C=N–C) groups is 1. The molecule has 0 spiro atoms. The van der Waals surface area contributed by atoms with Crippen LogP contribution in [0.25, 0.3) is 0 Å². The van der Waals surface area contributed by atoms with Gasteiger partial charge in [-0.15, -0.1) is 35.3 Å². The van der Waals surface area contributed by atoms with Crippen LogP contribution in [0.1, 0.15) is 10.7 Å². The van der Waals surface area contributed by atoms with Gasteiger partial charge in [0.25, 0.3) is 0 Å². The molecule has 0 atom stereocenters. The molecule has 1 aliphatic heterocycles. The van der Waals surface area contributed by atoms with Crippen LogP contribution in [0.2, 0.25) is 0 Å². The summed E-state index contributed by atoms with van der Waals surface area (Å²) in [4.78, 5) is 23.4. The topological polar surface area (TPSA) is 82.1 Å². The second-order valence-electron chi connectivity index (χ2n) is 6.63. The molecule has 2 N–H and O–H groups in total. The highest BCUT2D eigenvalue weighted by molar-refractivity contribution is 14.0. The van der Waals surface area contributed by atoms with Crippen molar-refractivity contribution in [3.8, 4) is 0 Å². The summed E-state index contributed by atoms with van der Waals surface area (Å²) in [5.74, 6) is 0.301. The molecule has 0 bridgehead atoms. The van der Waals surface area contributed by atoms with Gasteiger partial charge in [-0.1, -0.05) is 0 Å². The van der Waals surface area contributed by atoms with E-state index in [0.717, 1.165) is 36.4 Å². The first-order valence-corrected chi connectivity index (χ1v) is 10.2. The van der Waals surface area contributed by atoms with Gasteiger partial charge in [0, 0.05) is 58.6 Å². The summed E-state index contributed by atoms with van der Waals surface area (Å²) in [5, 5.41) is 7.63. The maximum Gasteiger partial charge on any atom is 0.434 e. The highest BCUT2D eigenvalue weighted by Crippen LogP contribution is 2.29. The number of amides is 1. The van der Waals surface area contributed by atoms with Gasteiger partial charge in [-0.2, -0.15) is 13.2 Å². The number of ether oxygens (including phenoxy) is 1. The number of nitrogens with zero attached hydrogens (tertiary/aromatic N) is 4. The van der Waals surface area contributed by atoms with Crippen LogP contribution in [-0.4, -0.2) is 93.2 Å². The number of guanidine groups is 1. The number of likely N-dealkylation sites (N-methyl/N-ethyl adjacent to an activating group) is 1. The summed E-state index contributed by atoms with van der Waals surface area (Å²) in [6.45, 7) is 4.91. The molecule has 1 fully saturated rings. The van der Waals surface area contributed by atoms with Crippen molar-refractivity contribution >= 4 is 47.2 Å². The molecule has 13 heteroatoms. The summed E-state index contributed by atoms with van der Waals surface area (Å²) in [7, 11) is 3.30. The molecular formula is C17H28F3IN6O2S. The first kappa shape index (κ1) is 26.8. The second-order valence-corrected chi connectivity index (χ2v) is 7.58. The van der Waals surface area contributed by atoms with Gasteiger partial charge < -0.3 is 20.3 Å².